The molecule has 0 aliphatic rings. The first-order chi connectivity index (χ1) is 16.5. The van der Waals surface area contributed by atoms with Crippen LogP contribution in [0.2, 0.25) is 0 Å². The number of hydrogen-bond donors (Lipinski definition) is 0. The number of rotatable bonds is 10. The summed E-state index contributed by atoms with van der Waals surface area (Å²) in [6, 6.07) is 0. The van der Waals surface area contributed by atoms with Crippen molar-refractivity contribution in [1.29, 1.82) is 0 Å². The van der Waals surface area contributed by atoms with Crippen molar-refractivity contribution in [2.45, 2.75) is 66.9 Å². The maximum absolute atomic E-state index is 13.9. The lowest BCUT2D eigenvalue weighted by molar-refractivity contribution is -0.474. The summed E-state index contributed by atoms with van der Waals surface area (Å²) in [5.74, 6) is -39.8. The second-order valence-electron chi connectivity index (χ2n) is 6.59. The lowest BCUT2D eigenvalue weighted by Crippen LogP contribution is -2.63. The standard InChI is InChI=1S/C13H2F22O4/c14-4(8(20,21)22,38-12(32,33)6(16,17)10(26,27)28)2(36)1-3(37)5(15,9(23,24)25)39-13(34,35)7(18,19)11(29,30)31/h1H2. The van der Waals surface area contributed by atoms with Crippen LogP contribution in [0.3, 0.4) is 0 Å². The highest BCUT2D eigenvalue weighted by Gasteiger charge is 2.81. The maximum Gasteiger partial charge on any atom is 0.462 e. The number of ether oxygens (including phenoxy) is 2. The molecule has 232 valence electrons. The Morgan fingerprint density at radius 3 is 0.744 bits per heavy atom. The molecular weight excluding hydrogens is 638 g/mol. The van der Waals surface area contributed by atoms with E-state index < -0.39 is 78.5 Å². The zero-order valence-electron chi connectivity index (χ0n) is 16.7. The summed E-state index contributed by atoms with van der Waals surface area (Å²) in [5.41, 5.74) is 0. The van der Waals surface area contributed by atoms with Crippen LogP contribution in [0.25, 0.3) is 0 Å². The molecule has 0 aromatic carbocycles. The smallest absolute Gasteiger partial charge is 0.292 e. The van der Waals surface area contributed by atoms with Crippen molar-refractivity contribution >= 4 is 11.6 Å². The zero-order chi connectivity index (χ0) is 32.3. The Bertz CT molecular complexity index is 850. The van der Waals surface area contributed by atoms with Gasteiger partial charge in [0.05, 0.1) is 6.42 Å². The van der Waals surface area contributed by atoms with E-state index in [0.717, 1.165) is 0 Å². The van der Waals surface area contributed by atoms with Crippen LogP contribution >= 0.6 is 0 Å². The number of alkyl halides is 22. The van der Waals surface area contributed by atoms with Gasteiger partial charge in [-0.25, -0.2) is 0 Å². The predicted octanol–water partition coefficient (Wildman–Crippen LogP) is 6.58. The van der Waals surface area contributed by atoms with E-state index in [9.17, 15) is 106 Å². The van der Waals surface area contributed by atoms with Gasteiger partial charge in [0.15, 0.2) is 0 Å². The molecule has 0 spiro atoms. The number of carbonyl (C=O) groups is 2. The monoisotopic (exact) mass is 640 g/mol. The number of ketones is 2. The zero-order valence-corrected chi connectivity index (χ0v) is 16.7. The summed E-state index contributed by atoms with van der Waals surface area (Å²) in [6.45, 7) is 0. The number of halogens is 22. The highest BCUT2D eigenvalue weighted by atomic mass is 19.4. The fourth-order valence-corrected chi connectivity index (χ4v) is 1.73. The van der Waals surface area contributed by atoms with Gasteiger partial charge in [0.25, 0.3) is 0 Å². The Kier molecular flexibility index (Phi) is 9.11. The molecule has 0 saturated heterocycles. The van der Waals surface area contributed by atoms with Gasteiger partial charge in [-0.05, 0) is 0 Å². The first kappa shape index (κ1) is 36.7. The SMILES string of the molecule is O=C(CC(=O)C(F)(OC(F)(F)C(F)(F)C(F)(F)F)C(F)(F)F)C(F)(OC(F)(F)C(F)(F)C(F)(F)F)C(F)(F)F. The third-order valence-corrected chi connectivity index (χ3v) is 3.75. The molecule has 26 heteroatoms. The van der Waals surface area contributed by atoms with Gasteiger partial charge in [0.1, 0.15) is 0 Å². The molecule has 0 aliphatic carbocycles. The van der Waals surface area contributed by atoms with Crippen molar-refractivity contribution < 1.29 is 116 Å². The third-order valence-electron chi connectivity index (χ3n) is 3.75. The van der Waals surface area contributed by atoms with Crippen molar-refractivity contribution in [3.05, 3.63) is 0 Å². The van der Waals surface area contributed by atoms with Gasteiger partial charge >= 0.3 is 60.5 Å². The lowest BCUT2D eigenvalue weighted by Gasteiger charge is -2.35. The average Bonchev–Trinajstić information content (AvgIpc) is 2.62. The van der Waals surface area contributed by atoms with Crippen LogP contribution in [0.5, 0.6) is 0 Å². The molecule has 0 fully saturated rings. The molecule has 0 rings (SSSR count). The number of hydrogen-bond acceptors (Lipinski definition) is 4. The molecule has 0 N–H and O–H groups in total. The van der Waals surface area contributed by atoms with Crippen molar-refractivity contribution in [3.8, 4) is 0 Å². The normalized spacial score (nSPS) is 18.4. The largest absolute Gasteiger partial charge is 0.462 e. The van der Waals surface area contributed by atoms with E-state index in [1.807, 2.05) is 0 Å². The second-order valence-corrected chi connectivity index (χ2v) is 6.59. The Balaban J connectivity index is 6.69. The Morgan fingerprint density at radius 2 is 0.590 bits per heavy atom. The van der Waals surface area contributed by atoms with E-state index in [-0.39, 0.29) is 0 Å². The van der Waals surface area contributed by atoms with E-state index >= 15 is 0 Å². The fraction of sp³-hybridized carbons (Fsp3) is 0.846. The molecular formula is C13H2F22O4. The molecule has 0 aromatic heterocycles. The van der Waals surface area contributed by atoms with Crippen molar-refractivity contribution in [1.82, 2.24) is 0 Å². The molecule has 0 amide bonds. The number of carbonyl (C=O) groups excluding carboxylic acids is 2. The first-order valence-electron chi connectivity index (χ1n) is 8.09. The molecule has 0 heterocycles. The molecule has 0 aliphatic heterocycles. The Labute approximate surface area is 195 Å². The average molecular weight is 640 g/mol. The Hall–Kier alpha value is -2.28. The van der Waals surface area contributed by atoms with E-state index in [1.165, 1.54) is 9.47 Å². The van der Waals surface area contributed by atoms with Crippen LogP contribution in [0.1, 0.15) is 6.42 Å². The van der Waals surface area contributed by atoms with E-state index in [4.69, 9.17) is 0 Å². The van der Waals surface area contributed by atoms with E-state index in [2.05, 4.69) is 0 Å². The van der Waals surface area contributed by atoms with Crippen molar-refractivity contribution in [2.75, 3.05) is 0 Å². The first-order valence-corrected chi connectivity index (χ1v) is 8.09. The summed E-state index contributed by atoms with van der Waals surface area (Å²) in [5, 5.41) is 0. The van der Waals surface area contributed by atoms with E-state index in [0.29, 0.717) is 0 Å². The molecule has 0 radical (unpaired) electrons. The molecule has 0 aromatic rings. The molecule has 0 saturated carbocycles. The maximum atomic E-state index is 13.9. The summed E-state index contributed by atoms with van der Waals surface area (Å²) < 4.78 is 282. The van der Waals surface area contributed by atoms with Gasteiger partial charge in [0, 0.05) is 0 Å². The summed E-state index contributed by atoms with van der Waals surface area (Å²) >= 11 is 0. The summed E-state index contributed by atoms with van der Waals surface area (Å²) in [7, 11) is 0. The Morgan fingerprint density at radius 1 is 0.385 bits per heavy atom. The van der Waals surface area contributed by atoms with Crippen molar-refractivity contribution in [3.63, 3.8) is 0 Å². The van der Waals surface area contributed by atoms with Gasteiger partial charge in [-0.15, -0.1) is 0 Å². The van der Waals surface area contributed by atoms with Crippen LogP contribution < -0.4 is 0 Å². The molecule has 2 unspecified atom stereocenters. The van der Waals surface area contributed by atoms with Gasteiger partial charge in [0.2, 0.25) is 11.6 Å². The second kappa shape index (κ2) is 9.67. The molecule has 39 heavy (non-hydrogen) atoms. The molecule has 0 bridgehead atoms. The van der Waals surface area contributed by atoms with Crippen LogP contribution in [0.15, 0.2) is 0 Å². The summed E-state index contributed by atoms with van der Waals surface area (Å²) in [6.07, 6.45) is -50.6. The van der Waals surface area contributed by atoms with E-state index in [1.54, 1.807) is 0 Å². The predicted molar refractivity (Wildman–Crippen MR) is 68.5 cm³/mol. The van der Waals surface area contributed by atoms with Gasteiger partial charge in [-0.2, -0.15) is 96.6 Å². The fourth-order valence-electron chi connectivity index (χ4n) is 1.73. The van der Waals surface area contributed by atoms with Crippen LogP contribution in [0, 0.1) is 0 Å². The lowest BCUT2D eigenvalue weighted by atomic mass is 10.0. The van der Waals surface area contributed by atoms with Crippen LogP contribution in [0.4, 0.5) is 96.6 Å². The van der Waals surface area contributed by atoms with Crippen molar-refractivity contribution in [2.24, 2.45) is 0 Å². The van der Waals surface area contributed by atoms with Gasteiger partial charge < -0.3 is 0 Å². The minimum absolute atomic E-state index is 1.48. The van der Waals surface area contributed by atoms with Gasteiger partial charge in [-0.3, -0.25) is 19.1 Å². The highest BCUT2D eigenvalue weighted by molar-refractivity contribution is 6.05. The topological polar surface area (TPSA) is 52.6 Å². The minimum atomic E-state index is -7.88. The number of Topliss-reactive ketones (excluding diaryl/α,β-unsaturated/α-hetero) is 2. The molecule has 4 nitrogen and oxygen atoms in total. The highest BCUT2D eigenvalue weighted by Crippen LogP contribution is 2.53. The quantitative estimate of drug-likeness (QED) is 0.200. The third kappa shape index (κ3) is 6.39. The minimum Gasteiger partial charge on any atom is -0.292 e. The van der Waals surface area contributed by atoms with Gasteiger partial charge in [-0.1, -0.05) is 0 Å². The van der Waals surface area contributed by atoms with Crippen LogP contribution in [-0.4, -0.2) is 72.0 Å². The molecule has 2 atom stereocenters. The summed E-state index contributed by atoms with van der Waals surface area (Å²) in [4.78, 5) is 22.5. The van der Waals surface area contributed by atoms with Crippen LogP contribution in [-0.2, 0) is 19.1 Å².